The number of carbonyl (C=O) groups excluding carboxylic acids is 1. The van der Waals surface area contributed by atoms with Crippen molar-refractivity contribution in [3.63, 3.8) is 0 Å². The number of nitrogens with one attached hydrogen (secondary N) is 3. The molecule has 0 aliphatic carbocycles. The highest BCUT2D eigenvalue weighted by molar-refractivity contribution is 5.95. The lowest BCUT2D eigenvalue weighted by Crippen LogP contribution is -2.51. The molecular formula is C34H48N4O5. The van der Waals surface area contributed by atoms with Crippen molar-refractivity contribution in [2.45, 2.75) is 84.6 Å². The molecule has 9 heteroatoms. The van der Waals surface area contributed by atoms with Gasteiger partial charge in [0.15, 0.2) is 0 Å². The molecule has 43 heavy (non-hydrogen) atoms. The van der Waals surface area contributed by atoms with Crippen LogP contribution in [0.2, 0.25) is 0 Å². The lowest BCUT2D eigenvalue weighted by molar-refractivity contribution is 0.0812. The predicted molar refractivity (Wildman–Crippen MR) is 168 cm³/mol. The standard InChI is InChI=1S/C34H48N4O5/c1-33(2,3)20-28-19-31(38-43-28)34(4,5)36-21-30(39)29-17-23-10-9-11-27(16-23)42-13-8-7-12-35-26-15-24(22-41-6)14-25(18-26)32(40)37-29/h9-11,14-16,18-19,29-30,35-36,39H,7-8,12-13,17,20-22H2,1-6H3,(H,37,40)/t29-,30+/m0/s1. The first-order chi connectivity index (χ1) is 20.4. The number of aliphatic hydroxyl groups excluding tert-OH is 1. The molecule has 2 atom stereocenters. The van der Waals surface area contributed by atoms with Gasteiger partial charge < -0.3 is 35.1 Å². The molecule has 0 spiro atoms. The summed E-state index contributed by atoms with van der Waals surface area (Å²) in [5.74, 6) is 1.35. The largest absolute Gasteiger partial charge is 0.494 e. The molecule has 2 heterocycles. The normalized spacial score (nSPS) is 17.5. The average Bonchev–Trinajstić information content (AvgIpc) is 3.41. The lowest BCUT2D eigenvalue weighted by Gasteiger charge is -2.30. The van der Waals surface area contributed by atoms with E-state index in [1.807, 2.05) is 62.4 Å². The van der Waals surface area contributed by atoms with Crippen LogP contribution in [0.4, 0.5) is 5.69 Å². The van der Waals surface area contributed by atoms with Gasteiger partial charge in [-0.1, -0.05) is 38.1 Å². The number of anilines is 1. The quantitative estimate of drug-likeness (QED) is 0.281. The zero-order valence-corrected chi connectivity index (χ0v) is 26.5. The van der Waals surface area contributed by atoms with E-state index in [-0.39, 0.29) is 17.9 Å². The number of benzene rings is 2. The third-order valence-electron chi connectivity index (χ3n) is 7.53. The molecule has 2 aromatic carbocycles. The maximum atomic E-state index is 13.6. The predicted octanol–water partition coefficient (Wildman–Crippen LogP) is 5.22. The Kier molecular flexibility index (Phi) is 10.9. The highest BCUT2D eigenvalue weighted by Gasteiger charge is 2.29. The molecule has 0 radical (unpaired) electrons. The molecule has 234 valence electrons. The van der Waals surface area contributed by atoms with Crippen molar-refractivity contribution in [3.05, 3.63) is 76.7 Å². The van der Waals surface area contributed by atoms with E-state index < -0.39 is 17.7 Å². The monoisotopic (exact) mass is 592 g/mol. The summed E-state index contributed by atoms with van der Waals surface area (Å²) in [6.07, 6.45) is 2.13. The Labute approximate surface area is 255 Å². The van der Waals surface area contributed by atoms with E-state index in [9.17, 15) is 9.90 Å². The Hall–Kier alpha value is -3.40. The van der Waals surface area contributed by atoms with E-state index in [1.54, 1.807) is 7.11 Å². The molecule has 0 fully saturated rings. The summed E-state index contributed by atoms with van der Waals surface area (Å²) in [7, 11) is 1.64. The Bertz CT molecular complexity index is 1350. The summed E-state index contributed by atoms with van der Waals surface area (Å²) in [6, 6.07) is 14.9. The zero-order chi connectivity index (χ0) is 31.0. The van der Waals surface area contributed by atoms with Gasteiger partial charge in [0.25, 0.3) is 5.91 Å². The van der Waals surface area contributed by atoms with Crippen LogP contribution in [-0.4, -0.2) is 55.1 Å². The first kappa shape index (κ1) is 32.5. The van der Waals surface area contributed by atoms with Crippen molar-refractivity contribution in [3.8, 4) is 5.75 Å². The minimum Gasteiger partial charge on any atom is -0.494 e. The molecule has 1 aromatic heterocycles. The van der Waals surface area contributed by atoms with Crippen molar-refractivity contribution in [1.82, 2.24) is 15.8 Å². The number of ether oxygens (including phenoxy) is 2. The molecule has 9 nitrogen and oxygen atoms in total. The molecule has 1 aliphatic rings. The van der Waals surface area contributed by atoms with Crippen molar-refractivity contribution in [2.24, 2.45) is 5.41 Å². The summed E-state index contributed by atoms with van der Waals surface area (Å²) in [5.41, 5.74) is 3.51. The van der Waals surface area contributed by atoms with Crippen LogP contribution in [0, 0.1) is 5.41 Å². The molecule has 0 saturated heterocycles. The van der Waals surface area contributed by atoms with Gasteiger partial charge >= 0.3 is 0 Å². The van der Waals surface area contributed by atoms with E-state index >= 15 is 0 Å². The third-order valence-corrected chi connectivity index (χ3v) is 7.53. The first-order valence-corrected chi connectivity index (χ1v) is 15.2. The summed E-state index contributed by atoms with van der Waals surface area (Å²) < 4.78 is 17.0. The fourth-order valence-corrected chi connectivity index (χ4v) is 5.18. The van der Waals surface area contributed by atoms with Crippen LogP contribution in [-0.2, 0) is 29.7 Å². The van der Waals surface area contributed by atoms with Crippen LogP contribution in [0.5, 0.6) is 5.75 Å². The van der Waals surface area contributed by atoms with Crippen molar-refractivity contribution in [1.29, 1.82) is 0 Å². The molecule has 4 N–H and O–H groups in total. The van der Waals surface area contributed by atoms with E-state index in [4.69, 9.17) is 14.0 Å². The first-order valence-electron chi connectivity index (χ1n) is 15.2. The van der Waals surface area contributed by atoms with Crippen LogP contribution in [0.1, 0.15) is 80.4 Å². The van der Waals surface area contributed by atoms with E-state index in [2.05, 4.69) is 41.9 Å². The summed E-state index contributed by atoms with van der Waals surface area (Å²) in [5, 5.41) is 25.8. The lowest BCUT2D eigenvalue weighted by atomic mass is 9.90. The molecule has 4 rings (SSSR count). The fraction of sp³-hybridized carbons (Fsp3) is 0.529. The smallest absolute Gasteiger partial charge is 0.251 e. The van der Waals surface area contributed by atoms with Crippen molar-refractivity contribution >= 4 is 11.6 Å². The molecule has 0 saturated carbocycles. The SMILES string of the molecule is COCc1cc2cc(c1)C(=O)N[C@H]([C@H](O)CNC(C)(C)c1cc(CC(C)(C)C)on1)Cc1cccc(c1)OCCCCN2. The van der Waals surface area contributed by atoms with Gasteiger partial charge in [0.2, 0.25) is 0 Å². The Morgan fingerprint density at radius 3 is 2.70 bits per heavy atom. The van der Waals surface area contributed by atoms with E-state index in [0.29, 0.717) is 25.2 Å². The third kappa shape index (κ3) is 9.81. The number of methoxy groups -OCH3 is 1. The second-order valence-corrected chi connectivity index (χ2v) is 13.3. The van der Waals surface area contributed by atoms with Gasteiger partial charge in [0, 0.05) is 43.9 Å². The second-order valence-electron chi connectivity index (χ2n) is 13.3. The van der Waals surface area contributed by atoms with Crippen LogP contribution >= 0.6 is 0 Å². The number of rotatable bonds is 8. The minimum absolute atomic E-state index is 0.0786. The van der Waals surface area contributed by atoms with Gasteiger partial charge in [-0.05, 0) is 80.0 Å². The Morgan fingerprint density at radius 1 is 1.12 bits per heavy atom. The second kappa shape index (κ2) is 14.4. The van der Waals surface area contributed by atoms with Crippen LogP contribution in [0.25, 0.3) is 0 Å². The molecule has 1 amide bonds. The molecular weight excluding hydrogens is 544 g/mol. The number of aromatic nitrogens is 1. The fourth-order valence-electron chi connectivity index (χ4n) is 5.18. The number of amides is 1. The maximum Gasteiger partial charge on any atom is 0.251 e. The van der Waals surface area contributed by atoms with E-state index in [1.165, 1.54) is 0 Å². The highest BCUT2D eigenvalue weighted by Crippen LogP contribution is 2.26. The van der Waals surface area contributed by atoms with Crippen LogP contribution < -0.4 is 20.7 Å². The highest BCUT2D eigenvalue weighted by atomic mass is 16.5. The molecule has 3 aromatic rings. The number of hydrogen-bond acceptors (Lipinski definition) is 8. The molecule has 4 bridgehead atoms. The van der Waals surface area contributed by atoms with Gasteiger partial charge in [-0.25, -0.2) is 0 Å². The average molecular weight is 593 g/mol. The number of carbonyl (C=O) groups is 1. The van der Waals surface area contributed by atoms with Gasteiger partial charge in [-0.2, -0.15) is 0 Å². The van der Waals surface area contributed by atoms with Crippen LogP contribution in [0.15, 0.2) is 53.1 Å². The number of fused-ring (bicyclic) bond motifs is 4. The van der Waals surface area contributed by atoms with Gasteiger partial charge in [0.1, 0.15) is 17.2 Å². The van der Waals surface area contributed by atoms with Crippen molar-refractivity contribution in [2.75, 3.05) is 32.1 Å². The molecule has 0 unspecified atom stereocenters. The van der Waals surface area contributed by atoms with Gasteiger partial charge in [-0.15, -0.1) is 0 Å². The summed E-state index contributed by atoms with van der Waals surface area (Å²) in [4.78, 5) is 13.6. The van der Waals surface area contributed by atoms with Gasteiger partial charge in [-0.3, -0.25) is 4.79 Å². The van der Waals surface area contributed by atoms with Crippen LogP contribution in [0.3, 0.4) is 0 Å². The van der Waals surface area contributed by atoms with Gasteiger partial charge in [0.05, 0.1) is 30.9 Å². The van der Waals surface area contributed by atoms with Crippen molar-refractivity contribution < 1.29 is 23.9 Å². The minimum atomic E-state index is -0.896. The topological polar surface area (TPSA) is 118 Å². The maximum absolute atomic E-state index is 13.6. The van der Waals surface area contributed by atoms with E-state index in [0.717, 1.165) is 59.8 Å². The number of hydrogen-bond donors (Lipinski definition) is 4. The Balaban J connectivity index is 1.56. The summed E-state index contributed by atoms with van der Waals surface area (Å²) >= 11 is 0. The zero-order valence-electron chi connectivity index (χ0n) is 26.5. The number of nitrogens with zero attached hydrogens (tertiary/aromatic N) is 1. The molecule has 1 aliphatic heterocycles. The number of aliphatic hydroxyl groups is 1. The summed E-state index contributed by atoms with van der Waals surface area (Å²) in [6.45, 7) is 12.5. The Morgan fingerprint density at radius 2 is 1.93 bits per heavy atom.